The fraction of sp³-hybridized carbons (Fsp3) is 0.143. The van der Waals surface area contributed by atoms with Crippen LogP contribution in [0.3, 0.4) is 0 Å². The molecule has 0 aromatic heterocycles. The molecule has 3 aromatic rings. The lowest BCUT2D eigenvalue weighted by Gasteiger charge is -2.25. The van der Waals surface area contributed by atoms with E-state index in [0.29, 0.717) is 5.02 Å². The molecule has 1 N–H and O–H groups in total. The van der Waals surface area contributed by atoms with Crippen LogP contribution in [-0.2, 0) is 0 Å². The van der Waals surface area contributed by atoms with E-state index in [1.807, 2.05) is 31.2 Å². The van der Waals surface area contributed by atoms with Gasteiger partial charge in [0.15, 0.2) is 0 Å². The average molecular weight is 358 g/mol. The summed E-state index contributed by atoms with van der Waals surface area (Å²) < 4.78 is 26.6. The summed E-state index contributed by atoms with van der Waals surface area (Å²) in [5.74, 6) is -0.570. The van der Waals surface area contributed by atoms with Crippen molar-refractivity contribution in [1.29, 1.82) is 0 Å². The Balaban J connectivity index is 1.91. The third-order valence-corrected chi connectivity index (χ3v) is 4.45. The summed E-state index contributed by atoms with van der Waals surface area (Å²) in [6, 6.07) is 20.1. The Kier molecular flexibility index (Phi) is 5.47. The van der Waals surface area contributed by atoms with Crippen LogP contribution in [0, 0.1) is 11.6 Å². The second kappa shape index (κ2) is 7.77. The van der Waals surface area contributed by atoms with Gasteiger partial charge in [-0.3, -0.25) is 5.32 Å². The lowest BCUT2D eigenvalue weighted by atomic mass is 9.96. The molecule has 0 radical (unpaired) electrons. The van der Waals surface area contributed by atoms with E-state index in [2.05, 4.69) is 5.32 Å². The maximum Gasteiger partial charge on any atom is 0.123 e. The van der Waals surface area contributed by atoms with Crippen molar-refractivity contribution < 1.29 is 8.78 Å². The van der Waals surface area contributed by atoms with Gasteiger partial charge in [0.25, 0.3) is 0 Å². The number of hydrogen-bond acceptors (Lipinski definition) is 1. The van der Waals surface area contributed by atoms with Gasteiger partial charge in [-0.15, -0.1) is 0 Å². The summed E-state index contributed by atoms with van der Waals surface area (Å²) in [5, 5.41) is 4.22. The molecule has 3 rings (SSSR count). The monoisotopic (exact) mass is 357 g/mol. The van der Waals surface area contributed by atoms with Crippen LogP contribution >= 0.6 is 11.6 Å². The van der Waals surface area contributed by atoms with Gasteiger partial charge in [0.05, 0.1) is 6.04 Å². The largest absolute Gasteiger partial charge is 0.300 e. The summed E-state index contributed by atoms with van der Waals surface area (Å²) in [5.41, 5.74) is 2.90. The van der Waals surface area contributed by atoms with Crippen molar-refractivity contribution in [1.82, 2.24) is 5.32 Å². The summed E-state index contributed by atoms with van der Waals surface area (Å²) in [4.78, 5) is 0. The van der Waals surface area contributed by atoms with Gasteiger partial charge < -0.3 is 0 Å². The van der Waals surface area contributed by atoms with Gasteiger partial charge in [-0.25, -0.2) is 8.78 Å². The van der Waals surface area contributed by atoms with Gasteiger partial charge in [-0.2, -0.15) is 0 Å². The number of hydrogen-bond donors (Lipinski definition) is 1. The highest BCUT2D eigenvalue weighted by Crippen LogP contribution is 2.27. The van der Waals surface area contributed by atoms with Crippen molar-refractivity contribution in [2.24, 2.45) is 0 Å². The molecule has 0 aliphatic rings. The highest BCUT2D eigenvalue weighted by atomic mass is 35.5. The number of halogens is 3. The first-order chi connectivity index (χ1) is 12.0. The predicted octanol–water partition coefficient (Wildman–Crippen LogP) is 6.06. The fourth-order valence-corrected chi connectivity index (χ4v) is 2.92. The first-order valence-electron chi connectivity index (χ1n) is 8.05. The summed E-state index contributed by atoms with van der Waals surface area (Å²) in [7, 11) is 0. The number of benzene rings is 3. The average Bonchev–Trinajstić information content (AvgIpc) is 2.62. The molecule has 3 aromatic carbocycles. The minimum atomic E-state index is -0.285. The quantitative estimate of drug-likeness (QED) is 0.585. The van der Waals surface area contributed by atoms with Gasteiger partial charge in [-0.1, -0.05) is 48.0 Å². The lowest BCUT2D eigenvalue weighted by molar-refractivity contribution is 0.514. The first kappa shape index (κ1) is 17.6. The Hall–Kier alpha value is -2.23. The van der Waals surface area contributed by atoms with Crippen LogP contribution in [0.4, 0.5) is 8.78 Å². The molecule has 1 nitrogen and oxygen atoms in total. The zero-order chi connectivity index (χ0) is 17.8. The number of rotatable bonds is 5. The second-order valence-electron chi connectivity index (χ2n) is 5.98. The van der Waals surface area contributed by atoms with E-state index in [0.717, 1.165) is 16.7 Å². The van der Waals surface area contributed by atoms with E-state index < -0.39 is 0 Å². The lowest BCUT2D eigenvalue weighted by Crippen LogP contribution is -2.25. The molecule has 4 heteroatoms. The van der Waals surface area contributed by atoms with Crippen LogP contribution in [0.2, 0.25) is 5.02 Å². The summed E-state index contributed by atoms with van der Waals surface area (Å²) in [6.07, 6.45) is 0. The molecule has 0 aliphatic heterocycles. The highest BCUT2D eigenvalue weighted by Gasteiger charge is 2.18. The molecule has 128 valence electrons. The summed E-state index contributed by atoms with van der Waals surface area (Å²) >= 11 is 5.95. The molecule has 0 heterocycles. The van der Waals surface area contributed by atoms with Crippen molar-refractivity contribution in [3.8, 4) is 0 Å². The van der Waals surface area contributed by atoms with Gasteiger partial charge in [0.1, 0.15) is 11.6 Å². The molecule has 0 aliphatic carbocycles. The Morgan fingerprint density at radius 2 is 1.08 bits per heavy atom. The summed E-state index contributed by atoms with van der Waals surface area (Å²) in [6.45, 7) is 2.04. The zero-order valence-corrected chi connectivity index (χ0v) is 14.5. The molecular formula is C21H18ClF2N. The van der Waals surface area contributed by atoms with E-state index in [1.54, 1.807) is 24.3 Å². The predicted molar refractivity (Wildman–Crippen MR) is 97.6 cm³/mol. The first-order valence-corrected chi connectivity index (χ1v) is 8.43. The van der Waals surface area contributed by atoms with E-state index in [1.165, 1.54) is 24.3 Å². The molecule has 0 unspecified atom stereocenters. The molecule has 0 spiro atoms. The van der Waals surface area contributed by atoms with E-state index >= 15 is 0 Å². The standard InChI is InChI=1S/C21H18ClF2N/c1-14(15-2-8-18(22)9-3-15)25-21(16-4-10-19(23)11-5-16)17-6-12-20(24)13-7-17/h2-14,21,25H,1H3/t14-/m1/s1. The van der Waals surface area contributed by atoms with E-state index in [4.69, 9.17) is 11.6 Å². The molecule has 0 bridgehead atoms. The van der Waals surface area contributed by atoms with Gasteiger partial charge >= 0.3 is 0 Å². The van der Waals surface area contributed by atoms with Crippen molar-refractivity contribution in [3.05, 3.63) is 106 Å². The zero-order valence-electron chi connectivity index (χ0n) is 13.7. The van der Waals surface area contributed by atoms with Crippen LogP contribution in [0.1, 0.15) is 35.7 Å². The van der Waals surface area contributed by atoms with E-state index in [9.17, 15) is 8.78 Å². The van der Waals surface area contributed by atoms with Crippen LogP contribution in [0.15, 0.2) is 72.8 Å². The Labute approximate surface area is 151 Å². The SMILES string of the molecule is C[C@@H](NC(c1ccc(F)cc1)c1ccc(F)cc1)c1ccc(Cl)cc1. The van der Waals surface area contributed by atoms with Gasteiger partial charge in [0.2, 0.25) is 0 Å². The third-order valence-electron chi connectivity index (χ3n) is 4.19. The minimum Gasteiger partial charge on any atom is -0.300 e. The van der Waals surface area contributed by atoms with Gasteiger partial charge in [-0.05, 0) is 60.0 Å². The Morgan fingerprint density at radius 1 is 0.680 bits per heavy atom. The van der Waals surface area contributed by atoms with Crippen molar-refractivity contribution >= 4 is 11.6 Å². The van der Waals surface area contributed by atoms with Crippen molar-refractivity contribution in [2.75, 3.05) is 0 Å². The normalized spacial score (nSPS) is 12.4. The maximum atomic E-state index is 13.3. The van der Waals surface area contributed by atoms with Crippen LogP contribution in [0.25, 0.3) is 0 Å². The third kappa shape index (κ3) is 4.44. The Morgan fingerprint density at radius 3 is 1.52 bits per heavy atom. The fourth-order valence-electron chi connectivity index (χ4n) is 2.79. The smallest absolute Gasteiger partial charge is 0.123 e. The van der Waals surface area contributed by atoms with Crippen LogP contribution in [-0.4, -0.2) is 0 Å². The second-order valence-corrected chi connectivity index (χ2v) is 6.41. The molecule has 25 heavy (non-hydrogen) atoms. The molecule has 0 saturated carbocycles. The molecule has 0 amide bonds. The number of nitrogens with one attached hydrogen (secondary N) is 1. The van der Waals surface area contributed by atoms with Crippen LogP contribution in [0.5, 0.6) is 0 Å². The van der Waals surface area contributed by atoms with Gasteiger partial charge in [0, 0.05) is 11.1 Å². The molecule has 1 atom stereocenters. The molecular weight excluding hydrogens is 340 g/mol. The minimum absolute atomic E-state index is 0.0253. The molecule has 0 saturated heterocycles. The highest BCUT2D eigenvalue weighted by molar-refractivity contribution is 6.30. The topological polar surface area (TPSA) is 12.0 Å². The van der Waals surface area contributed by atoms with Crippen LogP contribution < -0.4 is 5.32 Å². The van der Waals surface area contributed by atoms with Crippen molar-refractivity contribution in [3.63, 3.8) is 0 Å². The Bertz CT molecular complexity index is 769. The van der Waals surface area contributed by atoms with E-state index in [-0.39, 0.29) is 23.7 Å². The molecule has 0 fully saturated rings. The maximum absolute atomic E-state index is 13.3. The van der Waals surface area contributed by atoms with Crippen molar-refractivity contribution in [2.45, 2.75) is 19.0 Å².